The number of nitrogens with zero attached hydrogens (tertiary/aromatic N) is 4. The molecule has 1 spiro atoms. The van der Waals surface area contributed by atoms with E-state index in [1.807, 2.05) is 9.80 Å². The summed E-state index contributed by atoms with van der Waals surface area (Å²) in [6.45, 7) is 6.42. The molecule has 4 heterocycles. The molecule has 35 heavy (non-hydrogen) atoms. The number of piperidine rings is 1. The van der Waals surface area contributed by atoms with Gasteiger partial charge >= 0.3 is 6.03 Å². The van der Waals surface area contributed by atoms with Crippen LogP contribution >= 0.6 is 0 Å². The number of benzene rings is 1. The lowest BCUT2D eigenvalue weighted by Crippen LogP contribution is -2.63. The maximum atomic E-state index is 14.7. The third-order valence-electron chi connectivity index (χ3n) is 7.66. The van der Waals surface area contributed by atoms with Crippen molar-refractivity contribution in [2.24, 2.45) is 5.41 Å². The van der Waals surface area contributed by atoms with E-state index in [1.165, 1.54) is 6.07 Å². The van der Waals surface area contributed by atoms with Crippen LogP contribution in [0.3, 0.4) is 0 Å². The molecular weight excluding hydrogens is 452 g/mol. The Bertz CT molecular complexity index is 1140. The Kier molecular flexibility index (Phi) is 5.89. The van der Waals surface area contributed by atoms with E-state index in [0.717, 1.165) is 12.8 Å². The number of rotatable bonds is 3. The molecule has 5 rings (SSSR count). The van der Waals surface area contributed by atoms with Gasteiger partial charge in [0.1, 0.15) is 11.5 Å². The first-order chi connectivity index (χ1) is 16.7. The highest BCUT2D eigenvalue weighted by Crippen LogP contribution is 2.42. The lowest BCUT2D eigenvalue weighted by molar-refractivity contribution is -0.133. The molecule has 3 saturated heterocycles. The summed E-state index contributed by atoms with van der Waals surface area (Å²) >= 11 is 0. The maximum Gasteiger partial charge on any atom is 0.322 e. The standard InChI is InChI=1S/C26H31F2N5O2/c1-18(34)31-13-9-26(10-14-31)16-33(17-26)24(35)30-22-20(19-5-3-4-6-21(19)27)7-11-29-23(22)32-12-8-25(2,28)15-32/h3-7,11H,8-10,12-17H2,1-2H3,(H,30,35). The summed E-state index contributed by atoms with van der Waals surface area (Å²) < 4.78 is 29.4. The first kappa shape index (κ1) is 23.5. The Labute approximate surface area is 204 Å². The van der Waals surface area contributed by atoms with Gasteiger partial charge in [-0.15, -0.1) is 0 Å². The number of pyridine rings is 1. The highest BCUT2D eigenvalue weighted by molar-refractivity contribution is 5.99. The number of hydrogen-bond donors (Lipinski definition) is 1. The van der Waals surface area contributed by atoms with E-state index in [4.69, 9.17) is 0 Å². The fraction of sp³-hybridized carbons (Fsp3) is 0.500. The number of carbonyl (C=O) groups is 2. The highest BCUT2D eigenvalue weighted by Gasteiger charge is 2.47. The normalized spacial score (nSPS) is 23.4. The zero-order valence-electron chi connectivity index (χ0n) is 20.2. The molecule has 0 saturated carbocycles. The third-order valence-corrected chi connectivity index (χ3v) is 7.66. The molecule has 1 N–H and O–H groups in total. The van der Waals surface area contributed by atoms with Gasteiger partial charge in [-0.2, -0.15) is 0 Å². The van der Waals surface area contributed by atoms with Crippen LogP contribution in [-0.4, -0.2) is 71.7 Å². The monoisotopic (exact) mass is 483 g/mol. The summed E-state index contributed by atoms with van der Waals surface area (Å²) in [5, 5.41) is 2.99. The molecule has 3 aliphatic rings. The largest absolute Gasteiger partial charge is 0.352 e. The minimum atomic E-state index is -1.35. The van der Waals surface area contributed by atoms with Gasteiger partial charge in [0.2, 0.25) is 5.91 Å². The number of amides is 3. The summed E-state index contributed by atoms with van der Waals surface area (Å²) in [4.78, 5) is 34.8. The van der Waals surface area contributed by atoms with Crippen LogP contribution in [0.15, 0.2) is 36.5 Å². The minimum absolute atomic E-state index is 0.0421. The molecular formula is C26H31F2N5O2. The van der Waals surface area contributed by atoms with Crippen molar-refractivity contribution in [3.63, 3.8) is 0 Å². The number of urea groups is 1. The molecule has 7 nitrogen and oxygen atoms in total. The Hall–Kier alpha value is -3.23. The first-order valence-corrected chi connectivity index (χ1v) is 12.2. The molecule has 0 aliphatic carbocycles. The predicted octanol–water partition coefficient (Wildman–Crippen LogP) is 4.30. The van der Waals surface area contributed by atoms with Gasteiger partial charge in [-0.05, 0) is 31.9 Å². The van der Waals surface area contributed by atoms with Gasteiger partial charge in [0.25, 0.3) is 0 Å². The number of aromatic nitrogens is 1. The summed E-state index contributed by atoms with van der Waals surface area (Å²) in [7, 11) is 0. The number of alkyl halides is 1. The summed E-state index contributed by atoms with van der Waals surface area (Å²) in [6, 6.07) is 7.79. The van der Waals surface area contributed by atoms with Crippen LogP contribution in [0.25, 0.3) is 11.1 Å². The molecule has 3 aliphatic heterocycles. The van der Waals surface area contributed by atoms with E-state index in [2.05, 4.69) is 10.3 Å². The third kappa shape index (κ3) is 4.56. The van der Waals surface area contributed by atoms with Crippen molar-refractivity contribution < 1.29 is 18.4 Å². The molecule has 0 radical (unpaired) electrons. The number of hydrogen-bond acceptors (Lipinski definition) is 4. The molecule has 186 valence electrons. The summed E-state index contributed by atoms with van der Waals surface area (Å²) in [5.74, 6) is 0.132. The van der Waals surface area contributed by atoms with Gasteiger partial charge in [0.15, 0.2) is 5.82 Å². The van der Waals surface area contributed by atoms with Crippen molar-refractivity contribution in [3.05, 3.63) is 42.3 Å². The maximum absolute atomic E-state index is 14.7. The molecule has 2 aromatic rings. The SMILES string of the molecule is CC(=O)N1CCC2(CC1)CN(C(=O)Nc1c(-c3ccccc3F)ccnc1N1CCC(C)(F)C1)C2. The average molecular weight is 484 g/mol. The number of carbonyl (C=O) groups excluding carboxylic acids is 2. The van der Waals surface area contributed by atoms with Crippen LogP contribution < -0.4 is 10.2 Å². The zero-order valence-corrected chi connectivity index (χ0v) is 20.2. The van der Waals surface area contributed by atoms with Gasteiger partial charge in [0.05, 0.1) is 12.2 Å². The summed E-state index contributed by atoms with van der Waals surface area (Å²) in [6.07, 6.45) is 3.68. The molecule has 0 bridgehead atoms. The van der Waals surface area contributed by atoms with Gasteiger partial charge in [0, 0.05) is 68.8 Å². The Morgan fingerprint density at radius 1 is 0.971 bits per heavy atom. The highest BCUT2D eigenvalue weighted by atomic mass is 19.1. The van der Waals surface area contributed by atoms with Crippen molar-refractivity contribution >= 4 is 23.4 Å². The van der Waals surface area contributed by atoms with Crippen LogP contribution in [-0.2, 0) is 4.79 Å². The van der Waals surface area contributed by atoms with Gasteiger partial charge in [-0.3, -0.25) is 4.79 Å². The topological polar surface area (TPSA) is 68.8 Å². The van der Waals surface area contributed by atoms with E-state index in [9.17, 15) is 18.4 Å². The smallest absolute Gasteiger partial charge is 0.322 e. The van der Waals surface area contributed by atoms with E-state index >= 15 is 0 Å². The van der Waals surface area contributed by atoms with Crippen molar-refractivity contribution in [1.29, 1.82) is 0 Å². The second-order valence-electron chi connectivity index (χ2n) is 10.4. The number of anilines is 2. The van der Waals surface area contributed by atoms with Crippen LogP contribution in [0.4, 0.5) is 25.1 Å². The fourth-order valence-electron chi connectivity index (χ4n) is 5.53. The minimum Gasteiger partial charge on any atom is -0.352 e. The zero-order chi connectivity index (χ0) is 24.8. The Morgan fingerprint density at radius 3 is 2.31 bits per heavy atom. The molecule has 1 aromatic carbocycles. The van der Waals surface area contributed by atoms with Crippen LogP contribution in [0, 0.1) is 11.2 Å². The van der Waals surface area contributed by atoms with E-state index in [-0.39, 0.29) is 23.9 Å². The van der Waals surface area contributed by atoms with Crippen molar-refractivity contribution in [2.45, 2.75) is 38.8 Å². The number of likely N-dealkylation sites (tertiary alicyclic amines) is 2. The molecule has 3 fully saturated rings. The second kappa shape index (κ2) is 8.77. The molecule has 1 unspecified atom stereocenters. The quantitative estimate of drug-likeness (QED) is 0.707. The van der Waals surface area contributed by atoms with E-state index < -0.39 is 11.5 Å². The number of nitrogens with one attached hydrogen (secondary N) is 1. The average Bonchev–Trinajstić information content (AvgIpc) is 3.17. The van der Waals surface area contributed by atoms with Gasteiger partial charge in [-0.25, -0.2) is 18.6 Å². The van der Waals surface area contributed by atoms with Gasteiger partial charge < -0.3 is 20.0 Å². The van der Waals surface area contributed by atoms with Crippen LogP contribution in [0.5, 0.6) is 0 Å². The first-order valence-electron chi connectivity index (χ1n) is 12.2. The van der Waals surface area contributed by atoms with Crippen molar-refractivity contribution in [3.8, 4) is 11.1 Å². The molecule has 9 heteroatoms. The van der Waals surface area contributed by atoms with E-state index in [1.54, 1.807) is 49.2 Å². The van der Waals surface area contributed by atoms with Crippen molar-refractivity contribution in [1.82, 2.24) is 14.8 Å². The van der Waals surface area contributed by atoms with E-state index in [0.29, 0.717) is 61.8 Å². The fourth-order valence-corrected chi connectivity index (χ4v) is 5.53. The number of halogens is 2. The second-order valence-corrected chi connectivity index (χ2v) is 10.4. The van der Waals surface area contributed by atoms with Crippen LogP contribution in [0.2, 0.25) is 0 Å². The van der Waals surface area contributed by atoms with Crippen molar-refractivity contribution in [2.75, 3.05) is 49.5 Å². The lowest BCUT2D eigenvalue weighted by atomic mass is 9.72. The lowest BCUT2D eigenvalue weighted by Gasteiger charge is -2.53. The molecule has 3 amide bonds. The molecule has 1 aromatic heterocycles. The predicted molar refractivity (Wildman–Crippen MR) is 130 cm³/mol. The van der Waals surface area contributed by atoms with Crippen LogP contribution in [0.1, 0.15) is 33.1 Å². The Morgan fingerprint density at radius 2 is 1.69 bits per heavy atom. The van der Waals surface area contributed by atoms with Gasteiger partial charge in [-0.1, -0.05) is 18.2 Å². The summed E-state index contributed by atoms with van der Waals surface area (Å²) in [5.41, 5.74) is -0.0485. The molecule has 1 atom stereocenters. The Balaban J connectivity index is 1.38.